The van der Waals surface area contributed by atoms with E-state index in [1.54, 1.807) is 6.07 Å². The van der Waals surface area contributed by atoms with Gasteiger partial charge in [-0.1, -0.05) is 26.0 Å². The van der Waals surface area contributed by atoms with Crippen LogP contribution < -0.4 is 11.2 Å². The molecule has 120 valence electrons. The Morgan fingerprint density at radius 1 is 1.26 bits per heavy atom. The second-order valence-corrected chi connectivity index (χ2v) is 6.22. The molecule has 3 rings (SSSR count). The minimum absolute atomic E-state index is 0.184. The minimum atomic E-state index is -0.225. The highest BCUT2D eigenvalue weighted by atomic mass is 19.1. The number of hydrazine groups is 1. The molecule has 0 unspecified atom stereocenters. The van der Waals surface area contributed by atoms with Gasteiger partial charge in [0.25, 0.3) is 0 Å². The summed E-state index contributed by atoms with van der Waals surface area (Å²) in [6.45, 7) is 4.94. The number of aromatic nitrogens is 2. The molecule has 23 heavy (non-hydrogen) atoms. The van der Waals surface area contributed by atoms with E-state index in [4.69, 9.17) is 5.73 Å². The summed E-state index contributed by atoms with van der Waals surface area (Å²) in [4.78, 5) is 0. The van der Waals surface area contributed by atoms with Crippen LogP contribution in [0.5, 0.6) is 0 Å². The van der Waals surface area contributed by atoms with Crippen LogP contribution in [-0.2, 0) is 5.41 Å². The van der Waals surface area contributed by atoms with Crippen LogP contribution in [-0.4, -0.2) is 21.8 Å². The first-order chi connectivity index (χ1) is 11.0. The first kappa shape index (κ1) is 15.1. The molecule has 1 aromatic heterocycles. The van der Waals surface area contributed by atoms with Gasteiger partial charge in [0.2, 0.25) is 0 Å². The molecule has 5 nitrogen and oxygen atoms in total. The zero-order valence-corrected chi connectivity index (χ0v) is 13.2. The minimum Gasteiger partial charge on any atom is -0.382 e. The Kier molecular flexibility index (Phi) is 3.82. The SMILES string of the molecule is CC(C)(CN1NC=CC=C1c1cc(N)n[nH]1)c1ccc(F)cc1. The van der Waals surface area contributed by atoms with Gasteiger partial charge < -0.3 is 11.2 Å². The highest BCUT2D eigenvalue weighted by molar-refractivity contribution is 5.65. The monoisotopic (exact) mass is 313 g/mol. The molecule has 2 aromatic rings. The van der Waals surface area contributed by atoms with E-state index in [-0.39, 0.29) is 11.2 Å². The van der Waals surface area contributed by atoms with Crippen molar-refractivity contribution in [3.63, 3.8) is 0 Å². The number of anilines is 1. The Morgan fingerprint density at radius 2 is 2.00 bits per heavy atom. The van der Waals surface area contributed by atoms with Crippen molar-refractivity contribution in [3.8, 4) is 0 Å². The summed E-state index contributed by atoms with van der Waals surface area (Å²) >= 11 is 0. The number of nitrogen functional groups attached to an aromatic ring is 1. The van der Waals surface area contributed by atoms with Crippen LogP contribution in [0.1, 0.15) is 25.1 Å². The van der Waals surface area contributed by atoms with Gasteiger partial charge in [-0.2, -0.15) is 5.10 Å². The van der Waals surface area contributed by atoms with Crippen molar-refractivity contribution in [2.24, 2.45) is 0 Å². The van der Waals surface area contributed by atoms with E-state index in [2.05, 4.69) is 29.5 Å². The van der Waals surface area contributed by atoms with Crippen LogP contribution in [0, 0.1) is 5.82 Å². The van der Waals surface area contributed by atoms with Gasteiger partial charge in [0.15, 0.2) is 0 Å². The molecule has 0 radical (unpaired) electrons. The molecule has 0 saturated heterocycles. The van der Waals surface area contributed by atoms with Crippen molar-refractivity contribution in [2.45, 2.75) is 19.3 Å². The van der Waals surface area contributed by atoms with Crippen molar-refractivity contribution in [2.75, 3.05) is 12.3 Å². The number of rotatable bonds is 4. The van der Waals surface area contributed by atoms with Crippen LogP contribution in [0.15, 0.2) is 48.7 Å². The van der Waals surface area contributed by atoms with Gasteiger partial charge in [-0.25, -0.2) is 4.39 Å². The normalized spacial score (nSPS) is 14.6. The summed E-state index contributed by atoms with van der Waals surface area (Å²) in [6.07, 6.45) is 5.78. The molecule has 0 bridgehead atoms. The summed E-state index contributed by atoms with van der Waals surface area (Å²) in [5.41, 5.74) is 11.6. The van der Waals surface area contributed by atoms with Gasteiger partial charge >= 0.3 is 0 Å². The zero-order chi connectivity index (χ0) is 16.4. The smallest absolute Gasteiger partial charge is 0.145 e. The fourth-order valence-electron chi connectivity index (χ4n) is 2.65. The lowest BCUT2D eigenvalue weighted by atomic mass is 9.84. The predicted octanol–water partition coefficient (Wildman–Crippen LogP) is 2.78. The molecule has 0 aliphatic carbocycles. The maximum atomic E-state index is 13.2. The largest absolute Gasteiger partial charge is 0.382 e. The highest BCUT2D eigenvalue weighted by Crippen LogP contribution is 2.28. The van der Waals surface area contributed by atoms with Gasteiger partial charge in [0.05, 0.1) is 11.4 Å². The molecule has 0 atom stereocenters. The fraction of sp³-hybridized carbons (Fsp3) is 0.235. The van der Waals surface area contributed by atoms with Gasteiger partial charge in [0.1, 0.15) is 11.6 Å². The number of aromatic amines is 1. The quantitative estimate of drug-likeness (QED) is 0.812. The summed E-state index contributed by atoms with van der Waals surface area (Å²) in [5, 5.41) is 8.94. The molecule has 0 spiro atoms. The molecule has 0 amide bonds. The lowest BCUT2D eigenvalue weighted by molar-refractivity contribution is 0.266. The lowest BCUT2D eigenvalue weighted by Crippen LogP contribution is -2.43. The fourth-order valence-corrected chi connectivity index (χ4v) is 2.65. The Labute approximate surface area is 134 Å². The third kappa shape index (κ3) is 3.21. The van der Waals surface area contributed by atoms with Gasteiger partial charge in [-0.05, 0) is 29.8 Å². The molecule has 1 aliphatic rings. The van der Waals surface area contributed by atoms with Crippen LogP contribution in [0.2, 0.25) is 0 Å². The molecule has 2 heterocycles. The maximum Gasteiger partial charge on any atom is 0.145 e. The Balaban J connectivity index is 1.84. The van der Waals surface area contributed by atoms with Crippen molar-refractivity contribution in [1.82, 2.24) is 20.6 Å². The summed E-state index contributed by atoms with van der Waals surface area (Å²) in [5.74, 6) is 0.227. The van der Waals surface area contributed by atoms with E-state index in [0.29, 0.717) is 12.4 Å². The average molecular weight is 313 g/mol. The number of nitrogens with zero attached hydrogens (tertiary/aromatic N) is 2. The summed E-state index contributed by atoms with van der Waals surface area (Å²) < 4.78 is 13.2. The number of hydrogen-bond donors (Lipinski definition) is 3. The van der Waals surface area contributed by atoms with Crippen molar-refractivity contribution in [1.29, 1.82) is 0 Å². The van der Waals surface area contributed by atoms with Crippen LogP contribution in [0.4, 0.5) is 10.2 Å². The summed E-state index contributed by atoms with van der Waals surface area (Å²) in [6, 6.07) is 8.43. The van der Waals surface area contributed by atoms with Crippen LogP contribution >= 0.6 is 0 Å². The van der Waals surface area contributed by atoms with E-state index in [9.17, 15) is 4.39 Å². The third-order valence-electron chi connectivity index (χ3n) is 3.92. The zero-order valence-electron chi connectivity index (χ0n) is 13.2. The first-order valence-electron chi connectivity index (χ1n) is 7.43. The van der Waals surface area contributed by atoms with Gasteiger partial charge in [-0.3, -0.25) is 10.1 Å². The van der Waals surface area contributed by atoms with E-state index in [1.165, 1.54) is 12.1 Å². The molecular formula is C17H20FN5. The van der Waals surface area contributed by atoms with E-state index in [1.807, 2.05) is 35.5 Å². The van der Waals surface area contributed by atoms with Gasteiger partial charge in [0, 0.05) is 24.2 Å². The molecule has 4 N–H and O–H groups in total. The number of nitrogens with one attached hydrogen (secondary N) is 2. The molecule has 0 saturated carbocycles. The number of halogens is 1. The molecule has 1 aliphatic heterocycles. The number of hydrogen-bond acceptors (Lipinski definition) is 4. The predicted molar refractivity (Wildman–Crippen MR) is 89.4 cm³/mol. The third-order valence-corrected chi connectivity index (χ3v) is 3.92. The van der Waals surface area contributed by atoms with E-state index in [0.717, 1.165) is 17.0 Å². The Hall–Kier alpha value is -2.76. The first-order valence-corrected chi connectivity index (χ1v) is 7.43. The van der Waals surface area contributed by atoms with Crippen molar-refractivity contribution >= 4 is 11.5 Å². The van der Waals surface area contributed by atoms with Crippen molar-refractivity contribution < 1.29 is 4.39 Å². The number of benzene rings is 1. The maximum absolute atomic E-state index is 13.2. The Morgan fingerprint density at radius 3 is 2.65 bits per heavy atom. The number of nitrogens with two attached hydrogens (primary N) is 1. The number of allylic oxidation sites excluding steroid dienone is 2. The number of H-pyrrole nitrogens is 1. The Bertz CT molecular complexity index is 743. The van der Waals surface area contributed by atoms with E-state index >= 15 is 0 Å². The van der Waals surface area contributed by atoms with Gasteiger partial charge in [-0.15, -0.1) is 0 Å². The standard InChI is InChI=1S/C17H20FN5/c1-17(2,12-5-7-13(18)8-6-12)11-23-15(4-3-9-20-23)14-10-16(19)22-21-14/h3-10,20H,11H2,1-2H3,(H3,19,21,22). The van der Waals surface area contributed by atoms with Crippen LogP contribution in [0.3, 0.4) is 0 Å². The molecule has 0 fully saturated rings. The highest BCUT2D eigenvalue weighted by Gasteiger charge is 2.26. The summed E-state index contributed by atoms with van der Waals surface area (Å²) in [7, 11) is 0. The molecule has 6 heteroatoms. The topological polar surface area (TPSA) is 70.0 Å². The second kappa shape index (κ2) is 5.79. The lowest BCUT2D eigenvalue weighted by Gasteiger charge is -2.36. The molecule has 1 aromatic carbocycles. The van der Waals surface area contributed by atoms with Crippen molar-refractivity contribution in [3.05, 3.63) is 65.8 Å². The van der Waals surface area contributed by atoms with Crippen LogP contribution in [0.25, 0.3) is 5.70 Å². The average Bonchev–Trinajstić information content (AvgIpc) is 2.94. The molecular weight excluding hydrogens is 293 g/mol. The second-order valence-electron chi connectivity index (χ2n) is 6.22. The van der Waals surface area contributed by atoms with E-state index < -0.39 is 0 Å².